The van der Waals surface area contributed by atoms with Crippen LogP contribution in [0, 0.1) is 5.41 Å². The van der Waals surface area contributed by atoms with E-state index in [0.29, 0.717) is 11.5 Å². The van der Waals surface area contributed by atoms with Gasteiger partial charge in [0, 0.05) is 38.8 Å². The van der Waals surface area contributed by atoms with Gasteiger partial charge in [0.2, 0.25) is 0 Å². The highest BCUT2D eigenvalue weighted by Gasteiger charge is 2.34. The second-order valence-corrected chi connectivity index (χ2v) is 6.35. The molecule has 2 heterocycles. The first kappa shape index (κ1) is 14.3. The largest absolute Gasteiger partial charge is 0.379 e. The van der Waals surface area contributed by atoms with E-state index >= 15 is 0 Å². The molecule has 1 N–H and O–H groups in total. The van der Waals surface area contributed by atoms with Crippen molar-refractivity contribution in [1.82, 2.24) is 15.1 Å². The molecule has 2 fully saturated rings. The van der Waals surface area contributed by atoms with Crippen LogP contribution in [0.1, 0.15) is 20.3 Å². The van der Waals surface area contributed by atoms with Crippen molar-refractivity contribution in [2.24, 2.45) is 5.41 Å². The Morgan fingerprint density at radius 3 is 2.39 bits per heavy atom. The van der Waals surface area contributed by atoms with Crippen LogP contribution in [0.3, 0.4) is 0 Å². The molecule has 2 saturated heterocycles. The molecular weight excluding hydrogens is 226 g/mol. The summed E-state index contributed by atoms with van der Waals surface area (Å²) < 4.78 is 5.39. The van der Waals surface area contributed by atoms with Gasteiger partial charge in [-0.15, -0.1) is 0 Å². The van der Waals surface area contributed by atoms with E-state index < -0.39 is 0 Å². The molecule has 0 aromatic carbocycles. The third-order valence-corrected chi connectivity index (χ3v) is 4.49. The fourth-order valence-electron chi connectivity index (χ4n) is 3.30. The molecule has 0 radical (unpaired) electrons. The molecule has 0 bridgehead atoms. The number of nitrogens with zero attached hydrogens (tertiary/aromatic N) is 2. The highest BCUT2D eigenvalue weighted by molar-refractivity contribution is 4.91. The molecule has 1 unspecified atom stereocenters. The molecule has 18 heavy (non-hydrogen) atoms. The Morgan fingerprint density at radius 1 is 1.11 bits per heavy atom. The van der Waals surface area contributed by atoms with Crippen LogP contribution in [0.4, 0.5) is 0 Å². The highest BCUT2D eigenvalue weighted by Crippen LogP contribution is 2.28. The van der Waals surface area contributed by atoms with Gasteiger partial charge in [-0.25, -0.2) is 0 Å². The van der Waals surface area contributed by atoms with Gasteiger partial charge in [0.05, 0.1) is 13.2 Å². The first-order chi connectivity index (χ1) is 8.62. The van der Waals surface area contributed by atoms with Crippen LogP contribution in [-0.2, 0) is 4.74 Å². The summed E-state index contributed by atoms with van der Waals surface area (Å²) in [7, 11) is 2.09. The van der Waals surface area contributed by atoms with E-state index in [2.05, 4.69) is 36.0 Å². The number of morpholine rings is 1. The summed E-state index contributed by atoms with van der Waals surface area (Å²) >= 11 is 0. The molecule has 0 amide bonds. The molecule has 0 spiro atoms. The molecule has 0 saturated carbocycles. The third kappa shape index (κ3) is 3.67. The van der Waals surface area contributed by atoms with Crippen molar-refractivity contribution in [1.29, 1.82) is 0 Å². The Labute approximate surface area is 112 Å². The van der Waals surface area contributed by atoms with Crippen LogP contribution in [-0.4, -0.2) is 75.4 Å². The molecule has 2 aliphatic rings. The Hall–Kier alpha value is -0.160. The van der Waals surface area contributed by atoms with Crippen molar-refractivity contribution < 1.29 is 4.74 Å². The molecular formula is C14H29N3O. The average Bonchev–Trinajstić information content (AvgIpc) is 2.37. The van der Waals surface area contributed by atoms with Gasteiger partial charge in [0.25, 0.3) is 0 Å². The van der Waals surface area contributed by atoms with Gasteiger partial charge in [0.15, 0.2) is 0 Å². The van der Waals surface area contributed by atoms with E-state index in [-0.39, 0.29) is 0 Å². The number of likely N-dealkylation sites (tertiary alicyclic amines) is 1. The maximum atomic E-state index is 5.39. The monoisotopic (exact) mass is 255 g/mol. The minimum atomic E-state index is 0.387. The minimum Gasteiger partial charge on any atom is -0.379 e. The summed E-state index contributed by atoms with van der Waals surface area (Å²) in [5.74, 6) is 0. The van der Waals surface area contributed by atoms with Gasteiger partial charge in [-0.2, -0.15) is 0 Å². The summed E-state index contributed by atoms with van der Waals surface area (Å²) in [4.78, 5) is 5.16. The number of ether oxygens (including phenoxy) is 1. The topological polar surface area (TPSA) is 27.7 Å². The van der Waals surface area contributed by atoms with Crippen molar-refractivity contribution >= 4 is 0 Å². The van der Waals surface area contributed by atoms with Gasteiger partial charge in [-0.1, -0.05) is 13.8 Å². The van der Waals surface area contributed by atoms with Crippen LogP contribution in [0.5, 0.6) is 0 Å². The van der Waals surface area contributed by atoms with Crippen LogP contribution in [0.15, 0.2) is 0 Å². The second kappa shape index (κ2) is 6.33. The first-order valence-electron chi connectivity index (χ1n) is 7.31. The van der Waals surface area contributed by atoms with Gasteiger partial charge < -0.3 is 15.0 Å². The molecule has 4 heteroatoms. The molecule has 2 aliphatic heterocycles. The lowest BCUT2D eigenvalue weighted by Gasteiger charge is -2.44. The summed E-state index contributed by atoms with van der Waals surface area (Å²) in [6.07, 6.45) is 1.27. The number of rotatable bonds is 4. The second-order valence-electron chi connectivity index (χ2n) is 6.35. The fraction of sp³-hybridized carbons (Fsp3) is 1.00. The molecule has 0 aromatic heterocycles. The Morgan fingerprint density at radius 2 is 1.78 bits per heavy atom. The lowest BCUT2D eigenvalue weighted by Crippen LogP contribution is -2.54. The van der Waals surface area contributed by atoms with Crippen molar-refractivity contribution in [2.45, 2.75) is 26.3 Å². The molecule has 0 aromatic rings. The average molecular weight is 255 g/mol. The van der Waals surface area contributed by atoms with E-state index in [1.54, 1.807) is 0 Å². The number of hydrogen-bond acceptors (Lipinski definition) is 4. The normalized spacial score (nSPS) is 30.5. The summed E-state index contributed by atoms with van der Waals surface area (Å²) in [6.45, 7) is 13.7. The molecule has 2 rings (SSSR count). The van der Waals surface area contributed by atoms with E-state index in [1.165, 1.54) is 32.6 Å². The Bertz CT molecular complexity index is 251. The van der Waals surface area contributed by atoms with Crippen LogP contribution < -0.4 is 5.32 Å². The lowest BCUT2D eigenvalue weighted by molar-refractivity contribution is 0.0239. The lowest BCUT2D eigenvalue weighted by atomic mass is 9.79. The van der Waals surface area contributed by atoms with E-state index in [9.17, 15) is 0 Å². The zero-order chi connectivity index (χ0) is 13.0. The standard InChI is InChI=1S/C14H29N3O/c1-14(2)12-17(5-4-13(14)15-3)7-6-16-8-10-18-11-9-16/h13,15H,4-12H2,1-3H3. The zero-order valence-electron chi connectivity index (χ0n) is 12.2. The molecule has 4 nitrogen and oxygen atoms in total. The maximum Gasteiger partial charge on any atom is 0.0594 e. The number of hydrogen-bond donors (Lipinski definition) is 1. The zero-order valence-corrected chi connectivity index (χ0v) is 12.2. The minimum absolute atomic E-state index is 0.387. The van der Waals surface area contributed by atoms with Gasteiger partial charge in [-0.3, -0.25) is 4.90 Å². The highest BCUT2D eigenvalue weighted by atomic mass is 16.5. The predicted molar refractivity (Wildman–Crippen MR) is 74.9 cm³/mol. The third-order valence-electron chi connectivity index (χ3n) is 4.49. The molecule has 0 aliphatic carbocycles. The van der Waals surface area contributed by atoms with Crippen LogP contribution in [0.25, 0.3) is 0 Å². The first-order valence-corrected chi connectivity index (χ1v) is 7.31. The number of nitrogens with one attached hydrogen (secondary N) is 1. The SMILES string of the molecule is CNC1CCN(CCN2CCOCC2)CC1(C)C. The van der Waals surface area contributed by atoms with Gasteiger partial charge in [-0.05, 0) is 25.4 Å². The van der Waals surface area contributed by atoms with Crippen molar-refractivity contribution in [3.05, 3.63) is 0 Å². The van der Waals surface area contributed by atoms with Crippen molar-refractivity contribution in [2.75, 3.05) is 59.5 Å². The predicted octanol–water partition coefficient (Wildman–Crippen LogP) is 0.639. The molecule has 1 atom stereocenters. The van der Waals surface area contributed by atoms with E-state index in [0.717, 1.165) is 26.3 Å². The number of piperidine rings is 1. The molecule has 106 valence electrons. The summed E-state index contributed by atoms with van der Waals surface area (Å²) in [5, 5.41) is 3.47. The smallest absolute Gasteiger partial charge is 0.0594 e. The summed E-state index contributed by atoms with van der Waals surface area (Å²) in [6, 6.07) is 0.664. The maximum absolute atomic E-state index is 5.39. The fourth-order valence-corrected chi connectivity index (χ4v) is 3.30. The Kier molecular flexibility index (Phi) is 5.01. The van der Waals surface area contributed by atoms with Gasteiger partial charge >= 0.3 is 0 Å². The van der Waals surface area contributed by atoms with E-state index in [1.807, 2.05) is 0 Å². The quantitative estimate of drug-likeness (QED) is 0.798. The van der Waals surface area contributed by atoms with Crippen molar-refractivity contribution in [3.8, 4) is 0 Å². The van der Waals surface area contributed by atoms with Crippen molar-refractivity contribution in [3.63, 3.8) is 0 Å². The van der Waals surface area contributed by atoms with Gasteiger partial charge in [0.1, 0.15) is 0 Å². The Balaban J connectivity index is 1.74. The van der Waals surface area contributed by atoms with E-state index in [4.69, 9.17) is 4.74 Å². The van der Waals surface area contributed by atoms with Crippen LogP contribution in [0.2, 0.25) is 0 Å². The van der Waals surface area contributed by atoms with Crippen LogP contribution >= 0.6 is 0 Å². The summed E-state index contributed by atoms with van der Waals surface area (Å²) in [5.41, 5.74) is 0.387.